The highest BCUT2D eigenvalue weighted by Gasteiger charge is 2.30. The molecular formula is C22H22N2O5. The number of rotatable bonds is 6. The Labute approximate surface area is 169 Å². The number of carbonyl (C=O) groups excluding carboxylic acids is 2. The molecule has 2 aromatic carbocycles. The first-order chi connectivity index (χ1) is 14.1. The van der Waals surface area contributed by atoms with Gasteiger partial charge in [-0.15, -0.1) is 0 Å². The minimum Gasteiger partial charge on any atom is -0.507 e. The molecule has 2 aromatic rings. The molecule has 1 amide bonds. The normalized spacial score (nSPS) is 17.2. The van der Waals surface area contributed by atoms with E-state index in [0.717, 1.165) is 0 Å². The molecule has 1 N–H and O–H groups in total. The lowest BCUT2D eigenvalue weighted by molar-refractivity contribution is -0.0151. The maximum Gasteiger partial charge on any atom is 0.254 e. The number of hydrogen-bond donors (Lipinski definition) is 1. The summed E-state index contributed by atoms with van der Waals surface area (Å²) >= 11 is 0. The Bertz CT molecular complexity index is 937. The molecule has 0 aliphatic carbocycles. The van der Waals surface area contributed by atoms with Gasteiger partial charge in [-0.25, -0.2) is 0 Å². The Morgan fingerprint density at radius 1 is 1.38 bits per heavy atom. The van der Waals surface area contributed by atoms with Crippen molar-refractivity contribution in [2.24, 2.45) is 0 Å². The lowest BCUT2D eigenvalue weighted by Crippen LogP contribution is -2.51. The maximum absolute atomic E-state index is 13.2. The molecule has 29 heavy (non-hydrogen) atoms. The quantitative estimate of drug-likeness (QED) is 0.756. The van der Waals surface area contributed by atoms with Crippen LogP contribution in [0.15, 0.2) is 42.5 Å². The number of amides is 1. The zero-order chi connectivity index (χ0) is 20.8. The summed E-state index contributed by atoms with van der Waals surface area (Å²) < 4.78 is 11.3. The Morgan fingerprint density at radius 3 is 2.93 bits per heavy atom. The maximum atomic E-state index is 13.2. The van der Waals surface area contributed by atoms with E-state index in [9.17, 15) is 20.0 Å². The average molecular weight is 394 g/mol. The fourth-order valence-corrected chi connectivity index (χ4v) is 3.32. The summed E-state index contributed by atoms with van der Waals surface area (Å²) in [4.78, 5) is 26.2. The van der Waals surface area contributed by atoms with Crippen molar-refractivity contribution in [3.05, 3.63) is 59.2 Å². The van der Waals surface area contributed by atoms with Crippen LogP contribution in [0.3, 0.4) is 0 Å². The SMILES string of the molecule is CC(C#N)c1ccccc1C(=O)N1CCOC[C@H]1COc1cccc(O)c1C=O. The molecule has 2 atom stereocenters. The summed E-state index contributed by atoms with van der Waals surface area (Å²) in [6, 6.07) is 13.5. The highest BCUT2D eigenvalue weighted by molar-refractivity contribution is 5.96. The summed E-state index contributed by atoms with van der Waals surface area (Å²) in [5.74, 6) is -0.513. The topological polar surface area (TPSA) is 99.9 Å². The van der Waals surface area contributed by atoms with Crippen LogP contribution in [0.25, 0.3) is 0 Å². The highest BCUT2D eigenvalue weighted by Crippen LogP contribution is 2.27. The Morgan fingerprint density at radius 2 is 2.17 bits per heavy atom. The van der Waals surface area contributed by atoms with Gasteiger partial charge in [-0.1, -0.05) is 24.3 Å². The summed E-state index contributed by atoms with van der Waals surface area (Å²) in [6.07, 6.45) is 0.532. The average Bonchev–Trinajstić information content (AvgIpc) is 2.77. The number of morpholine rings is 1. The van der Waals surface area contributed by atoms with Crippen molar-refractivity contribution in [2.75, 3.05) is 26.4 Å². The molecule has 0 aromatic heterocycles. The summed E-state index contributed by atoms with van der Waals surface area (Å²) in [5, 5.41) is 19.1. The molecule has 3 rings (SSSR count). The minimum absolute atomic E-state index is 0.0651. The fourth-order valence-electron chi connectivity index (χ4n) is 3.32. The van der Waals surface area contributed by atoms with Crippen LogP contribution >= 0.6 is 0 Å². The van der Waals surface area contributed by atoms with Crippen molar-refractivity contribution >= 4 is 12.2 Å². The van der Waals surface area contributed by atoms with Gasteiger partial charge >= 0.3 is 0 Å². The van der Waals surface area contributed by atoms with Gasteiger partial charge in [-0.2, -0.15) is 5.26 Å². The molecule has 1 aliphatic heterocycles. The minimum atomic E-state index is -0.409. The van der Waals surface area contributed by atoms with Gasteiger partial charge in [0, 0.05) is 12.1 Å². The predicted octanol–water partition coefficient (Wildman–Crippen LogP) is 2.75. The Hall–Kier alpha value is -3.37. The highest BCUT2D eigenvalue weighted by atomic mass is 16.5. The van der Waals surface area contributed by atoms with Crippen molar-refractivity contribution < 1.29 is 24.2 Å². The van der Waals surface area contributed by atoms with Crippen molar-refractivity contribution in [2.45, 2.75) is 18.9 Å². The van der Waals surface area contributed by atoms with Crippen LogP contribution in [0.4, 0.5) is 0 Å². The third kappa shape index (κ3) is 4.39. The van der Waals surface area contributed by atoms with Crippen molar-refractivity contribution in [3.8, 4) is 17.6 Å². The number of phenols is 1. The van der Waals surface area contributed by atoms with Crippen molar-refractivity contribution in [3.63, 3.8) is 0 Å². The number of ether oxygens (including phenoxy) is 2. The third-order valence-corrected chi connectivity index (χ3v) is 4.93. The van der Waals surface area contributed by atoms with Gasteiger partial charge in [0.15, 0.2) is 6.29 Å². The van der Waals surface area contributed by atoms with E-state index in [2.05, 4.69) is 6.07 Å². The molecule has 1 aliphatic rings. The molecule has 1 unspecified atom stereocenters. The number of nitriles is 1. The standard InChI is InChI=1S/C22H22N2O5/c1-15(11-23)17-5-2-3-6-18(17)22(27)24-9-10-28-13-16(24)14-29-21-8-4-7-20(26)19(21)12-25/h2-8,12,15-16,26H,9-10,13-14H2,1H3/t15?,16-/m0/s1. The van der Waals surface area contributed by atoms with E-state index in [-0.39, 0.29) is 42.2 Å². The van der Waals surface area contributed by atoms with Crippen molar-refractivity contribution in [1.29, 1.82) is 5.26 Å². The van der Waals surface area contributed by atoms with Crippen LogP contribution in [0, 0.1) is 11.3 Å². The van der Waals surface area contributed by atoms with Gasteiger partial charge < -0.3 is 19.5 Å². The van der Waals surface area contributed by atoms with E-state index in [0.29, 0.717) is 30.6 Å². The third-order valence-electron chi connectivity index (χ3n) is 4.93. The van der Waals surface area contributed by atoms with E-state index in [1.165, 1.54) is 6.07 Å². The summed E-state index contributed by atoms with van der Waals surface area (Å²) in [7, 11) is 0. The van der Waals surface area contributed by atoms with E-state index in [4.69, 9.17) is 9.47 Å². The van der Waals surface area contributed by atoms with Gasteiger partial charge in [-0.3, -0.25) is 9.59 Å². The number of benzene rings is 2. The fraction of sp³-hybridized carbons (Fsp3) is 0.318. The molecule has 1 saturated heterocycles. The smallest absolute Gasteiger partial charge is 0.254 e. The molecule has 1 fully saturated rings. The van der Waals surface area contributed by atoms with Crippen LogP contribution in [0.2, 0.25) is 0 Å². The van der Waals surface area contributed by atoms with Crippen LogP contribution in [-0.2, 0) is 4.74 Å². The molecule has 7 nitrogen and oxygen atoms in total. The lowest BCUT2D eigenvalue weighted by atomic mass is 9.95. The first-order valence-electron chi connectivity index (χ1n) is 9.34. The second-order valence-corrected chi connectivity index (χ2v) is 6.78. The van der Waals surface area contributed by atoms with Gasteiger partial charge in [0.05, 0.1) is 36.8 Å². The Balaban J connectivity index is 1.81. The van der Waals surface area contributed by atoms with Crippen LogP contribution in [-0.4, -0.2) is 54.6 Å². The summed E-state index contributed by atoms with van der Waals surface area (Å²) in [5.41, 5.74) is 1.23. The molecule has 0 spiro atoms. The van der Waals surface area contributed by atoms with Crippen LogP contribution in [0.5, 0.6) is 11.5 Å². The van der Waals surface area contributed by atoms with Crippen LogP contribution < -0.4 is 4.74 Å². The van der Waals surface area contributed by atoms with Crippen molar-refractivity contribution in [1.82, 2.24) is 4.90 Å². The van der Waals surface area contributed by atoms with E-state index in [1.807, 2.05) is 6.07 Å². The molecule has 7 heteroatoms. The van der Waals surface area contributed by atoms with Gasteiger partial charge in [0.1, 0.15) is 18.1 Å². The number of hydrogen-bond acceptors (Lipinski definition) is 6. The summed E-state index contributed by atoms with van der Waals surface area (Å²) in [6.45, 7) is 2.95. The Kier molecular flexibility index (Phi) is 6.47. The zero-order valence-corrected chi connectivity index (χ0v) is 16.1. The van der Waals surface area contributed by atoms with E-state index >= 15 is 0 Å². The largest absolute Gasteiger partial charge is 0.507 e. The first-order valence-corrected chi connectivity index (χ1v) is 9.34. The number of phenolic OH excluding ortho intramolecular Hbond substituents is 1. The molecule has 0 saturated carbocycles. The molecule has 150 valence electrons. The van der Waals surface area contributed by atoms with Gasteiger partial charge in [-0.05, 0) is 30.7 Å². The number of aromatic hydroxyl groups is 1. The van der Waals surface area contributed by atoms with Crippen LogP contribution in [0.1, 0.15) is 39.1 Å². The predicted molar refractivity (Wildman–Crippen MR) is 105 cm³/mol. The zero-order valence-electron chi connectivity index (χ0n) is 16.1. The number of aldehydes is 1. The second kappa shape index (κ2) is 9.22. The van der Waals surface area contributed by atoms with Gasteiger partial charge in [0.2, 0.25) is 0 Å². The molecule has 0 bridgehead atoms. The number of carbonyl (C=O) groups is 2. The van der Waals surface area contributed by atoms with Gasteiger partial charge in [0.25, 0.3) is 5.91 Å². The monoisotopic (exact) mass is 394 g/mol. The molecular weight excluding hydrogens is 372 g/mol. The molecule has 1 heterocycles. The van der Waals surface area contributed by atoms with E-state index < -0.39 is 5.92 Å². The van der Waals surface area contributed by atoms with E-state index in [1.54, 1.807) is 42.2 Å². The molecule has 0 radical (unpaired) electrons. The first kappa shape index (κ1) is 20.4. The second-order valence-electron chi connectivity index (χ2n) is 6.78. The lowest BCUT2D eigenvalue weighted by Gasteiger charge is -2.36. The number of nitrogens with zero attached hydrogens (tertiary/aromatic N) is 2.